The molecule has 0 spiro atoms. The summed E-state index contributed by atoms with van der Waals surface area (Å²) in [7, 11) is 0. The van der Waals surface area contributed by atoms with Crippen LogP contribution in [0.1, 0.15) is 36.6 Å². The Hall–Kier alpha value is -2.92. The molecule has 2 heterocycles. The molecule has 5 heteroatoms. The Morgan fingerprint density at radius 2 is 1.82 bits per heavy atom. The molecule has 1 amide bonds. The van der Waals surface area contributed by atoms with Gasteiger partial charge in [-0.05, 0) is 30.5 Å². The second-order valence-corrected chi connectivity index (χ2v) is 8.21. The summed E-state index contributed by atoms with van der Waals surface area (Å²) < 4.78 is 2.02. The maximum Gasteiger partial charge on any atom is 0.230 e. The lowest BCUT2D eigenvalue weighted by molar-refractivity contribution is -0.115. The lowest BCUT2D eigenvalue weighted by Gasteiger charge is -2.08. The number of carbonyl (C=O) groups is 1. The zero-order valence-corrected chi connectivity index (χ0v) is 17.1. The van der Waals surface area contributed by atoms with E-state index in [-0.39, 0.29) is 5.91 Å². The Labute approximate surface area is 168 Å². The van der Waals surface area contributed by atoms with Gasteiger partial charge in [0, 0.05) is 28.5 Å². The molecule has 2 aromatic heterocycles. The number of amides is 1. The minimum absolute atomic E-state index is 0.0254. The third-order valence-corrected chi connectivity index (χ3v) is 5.72. The van der Waals surface area contributed by atoms with Gasteiger partial charge in [-0.1, -0.05) is 55.8 Å². The number of imidazole rings is 1. The van der Waals surface area contributed by atoms with E-state index in [4.69, 9.17) is 4.98 Å². The summed E-state index contributed by atoms with van der Waals surface area (Å²) >= 11 is 1.56. The maximum atomic E-state index is 12.5. The molecular weight excluding hydrogens is 366 g/mol. The first-order chi connectivity index (χ1) is 13.5. The van der Waals surface area contributed by atoms with Crippen molar-refractivity contribution < 1.29 is 4.79 Å². The van der Waals surface area contributed by atoms with Crippen LogP contribution in [0.3, 0.4) is 0 Å². The van der Waals surface area contributed by atoms with E-state index in [0.717, 1.165) is 27.6 Å². The molecule has 0 bridgehead atoms. The van der Waals surface area contributed by atoms with Gasteiger partial charge in [-0.15, -0.1) is 11.3 Å². The smallest absolute Gasteiger partial charge is 0.230 e. The molecule has 0 radical (unpaired) electrons. The number of anilines is 1. The second-order valence-electron chi connectivity index (χ2n) is 7.37. The van der Waals surface area contributed by atoms with Crippen molar-refractivity contribution in [2.24, 2.45) is 0 Å². The van der Waals surface area contributed by atoms with E-state index >= 15 is 0 Å². The van der Waals surface area contributed by atoms with Gasteiger partial charge in [0.1, 0.15) is 0 Å². The molecule has 0 aliphatic rings. The summed E-state index contributed by atoms with van der Waals surface area (Å²) in [5.41, 5.74) is 6.28. The van der Waals surface area contributed by atoms with E-state index in [1.54, 1.807) is 11.3 Å². The molecule has 0 fully saturated rings. The number of carbonyl (C=O) groups excluding carboxylic acids is 1. The molecule has 2 aromatic carbocycles. The standard InChI is InChI=1S/C23H23N3OS/c1-15(2)17-8-10-19(11-9-17)24-22(27)12-20-14-28-23-25-21(13-26(20)23)18-6-4-16(3)5-7-18/h4-11,13-15H,12H2,1-3H3,(H,24,27). The number of aryl methyl sites for hydroxylation is 1. The number of benzene rings is 2. The van der Waals surface area contributed by atoms with Gasteiger partial charge in [-0.2, -0.15) is 0 Å². The monoisotopic (exact) mass is 389 g/mol. The molecule has 0 aliphatic carbocycles. The van der Waals surface area contributed by atoms with Crippen molar-refractivity contribution in [3.05, 3.63) is 76.9 Å². The van der Waals surface area contributed by atoms with Crippen molar-refractivity contribution in [1.29, 1.82) is 0 Å². The van der Waals surface area contributed by atoms with Gasteiger partial charge in [0.15, 0.2) is 4.96 Å². The quantitative estimate of drug-likeness (QED) is 0.478. The van der Waals surface area contributed by atoms with Crippen LogP contribution in [0.15, 0.2) is 60.1 Å². The fourth-order valence-electron chi connectivity index (χ4n) is 3.14. The van der Waals surface area contributed by atoms with Crippen molar-refractivity contribution in [1.82, 2.24) is 9.38 Å². The summed E-state index contributed by atoms with van der Waals surface area (Å²) in [6.45, 7) is 6.39. The second kappa shape index (κ2) is 7.60. The molecule has 0 unspecified atom stereocenters. The van der Waals surface area contributed by atoms with Gasteiger partial charge in [-0.25, -0.2) is 4.98 Å². The number of thiazole rings is 1. The van der Waals surface area contributed by atoms with E-state index in [0.29, 0.717) is 12.3 Å². The first kappa shape index (κ1) is 18.4. The average molecular weight is 390 g/mol. The van der Waals surface area contributed by atoms with E-state index < -0.39 is 0 Å². The number of aromatic nitrogens is 2. The Bertz CT molecular complexity index is 1110. The van der Waals surface area contributed by atoms with Crippen molar-refractivity contribution >= 4 is 27.9 Å². The summed E-state index contributed by atoms with van der Waals surface area (Å²) in [6.07, 6.45) is 2.33. The Morgan fingerprint density at radius 1 is 1.11 bits per heavy atom. The summed E-state index contributed by atoms with van der Waals surface area (Å²) in [4.78, 5) is 18.1. The Kier molecular flexibility index (Phi) is 5.01. The van der Waals surface area contributed by atoms with Crippen LogP contribution in [0.5, 0.6) is 0 Å². The zero-order chi connectivity index (χ0) is 19.7. The van der Waals surface area contributed by atoms with Crippen LogP contribution in [-0.4, -0.2) is 15.3 Å². The van der Waals surface area contributed by atoms with Crippen LogP contribution in [0, 0.1) is 6.92 Å². The number of nitrogens with one attached hydrogen (secondary N) is 1. The predicted molar refractivity (Wildman–Crippen MR) is 116 cm³/mol. The maximum absolute atomic E-state index is 12.5. The zero-order valence-electron chi connectivity index (χ0n) is 16.3. The van der Waals surface area contributed by atoms with Gasteiger partial charge < -0.3 is 5.32 Å². The fraction of sp³-hybridized carbons (Fsp3) is 0.217. The number of fused-ring (bicyclic) bond motifs is 1. The highest BCUT2D eigenvalue weighted by molar-refractivity contribution is 7.15. The van der Waals surface area contributed by atoms with Crippen molar-refractivity contribution in [3.8, 4) is 11.3 Å². The third-order valence-electron chi connectivity index (χ3n) is 4.83. The first-order valence-corrected chi connectivity index (χ1v) is 10.3. The molecule has 0 atom stereocenters. The Balaban J connectivity index is 1.49. The van der Waals surface area contributed by atoms with E-state index in [1.165, 1.54) is 11.1 Å². The molecule has 0 saturated heterocycles. The van der Waals surface area contributed by atoms with Crippen LogP contribution >= 0.6 is 11.3 Å². The van der Waals surface area contributed by atoms with Crippen molar-refractivity contribution in [3.63, 3.8) is 0 Å². The van der Waals surface area contributed by atoms with Gasteiger partial charge in [0.25, 0.3) is 0 Å². The van der Waals surface area contributed by atoms with Crippen LogP contribution in [0.2, 0.25) is 0 Å². The van der Waals surface area contributed by atoms with Crippen LogP contribution in [0.4, 0.5) is 5.69 Å². The lowest BCUT2D eigenvalue weighted by Crippen LogP contribution is -2.15. The third kappa shape index (κ3) is 3.85. The summed E-state index contributed by atoms with van der Waals surface area (Å²) in [5, 5.41) is 4.99. The first-order valence-electron chi connectivity index (χ1n) is 9.42. The number of hydrogen-bond donors (Lipinski definition) is 1. The minimum atomic E-state index is -0.0254. The molecular formula is C23H23N3OS. The highest BCUT2D eigenvalue weighted by Gasteiger charge is 2.13. The molecule has 0 aliphatic heterocycles. The molecule has 1 N–H and O–H groups in total. The van der Waals surface area contributed by atoms with Crippen LogP contribution in [-0.2, 0) is 11.2 Å². The number of hydrogen-bond acceptors (Lipinski definition) is 3. The van der Waals surface area contributed by atoms with Crippen LogP contribution in [0.25, 0.3) is 16.2 Å². The molecule has 142 valence electrons. The summed E-state index contributed by atoms with van der Waals surface area (Å²) in [6, 6.07) is 16.4. The predicted octanol–water partition coefficient (Wildman–Crippen LogP) is 5.68. The molecule has 4 aromatic rings. The highest BCUT2D eigenvalue weighted by Crippen LogP contribution is 2.24. The topological polar surface area (TPSA) is 46.4 Å². The van der Waals surface area contributed by atoms with Crippen LogP contribution < -0.4 is 5.32 Å². The Morgan fingerprint density at radius 3 is 2.50 bits per heavy atom. The molecule has 28 heavy (non-hydrogen) atoms. The molecule has 4 rings (SSSR count). The van der Waals surface area contributed by atoms with Gasteiger partial charge in [-0.3, -0.25) is 9.20 Å². The van der Waals surface area contributed by atoms with E-state index in [9.17, 15) is 4.79 Å². The van der Waals surface area contributed by atoms with Gasteiger partial charge >= 0.3 is 0 Å². The average Bonchev–Trinajstić information content (AvgIpc) is 3.25. The summed E-state index contributed by atoms with van der Waals surface area (Å²) in [5.74, 6) is 0.454. The number of nitrogens with zero attached hydrogens (tertiary/aromatic N) is 2. The van der Waals surface area contributed by atoms with Crippen molar-refractivity contribution in [2.75, 3.05) is 5.32 Å². The fourth-order valence-corrected chi connectivity index (χ4v) is 4.01. The normalized spacial score (nSPS) is 11.3. The number of rotatable bonds is 5. The minimum Gasteiger partial charge on any atom is -0.326 e. The van der Waals surface area contributed by atoms with Gasteiger partial charge in [0.05, 0.1) is 12.1 Å². The molecule has 4 nitrogen and oxygen atoms in total. The van der Waals surface area contributed by atoms with E-state index in [1.807, 2.05) is 28.1 Å². The highest BCUT2D eigenvalue weighted by atomic mass is 32.1. The van der Waals surface area contributed by atoms with E-state index in [2.05, 4.69) is 62.5 Å². The lowest BCUT2D eigenvalue weighted by atomic mass is 10.0. The molecule has 0 saturated carbocycles. The van der Waals surface area contributed by atoms with Gasteiger partial charge in [0.2, 0.25) is 5.91 Å². The van der Waals surface area contributed by atoms with Crippen molar-refractivity contribution in [2.45, 2.75) is 33.1 Å². The largest absolute Gasteiger partial charge is 0.326 e. The SMILES string of the molecule is Cc1ccc(-c2cn3c(CC(=O)Nc4ccc(C(C)C)cc4)csc3n2)cc1.